The SMILES string of the molecule is C/C(CC(O)=S)=N/N(C)c1ccccc1. The molecule has 0 spiro atoms. The minimum absolute atomic E-state index is 0.0299. The minimum atomic E-state index is -0.0299. The zero-order valence-electron chi connectivity index (χ0n) is 8.84. The Morgan fingerprint density at radius 3 is 2.53 bits per heavy atom. The highest BCUT2D eigenvalue weighted by molar-refractivity contribution is 7.80. The maximum absolute atomic E-state index is 8.94. The molecule has 0 radical (unpaired) electrons. The van der Waals surface area contributed by atoms with E-state index in [0.717, 1.165) is 11.4 Å². The summed E-state index contributed by atoms with van der Waals surface area (Å²) in [6, 6.07) is 9.79. The van der Waals surface area contributed by atoms with E-state index in [-0.39, 0.29) is 5.05 Å². The Morgan fingerprint density at radius 2 is 2.00 bits per heavy atom. The van der Waals surface area contributed by atoms with Crippen LogP contribution < -0.4 is 5.01 Å². The molecule has 3 nitrogen and oxygen atoms in total. The van der Waals surface area contributed by atoms with Crippen molar-refractivity contribution in [3.05, 3.63) is 30.3 Å². The van der Waals surface area contributed by atoms with Gasteiger partial charge in [-0.3, -0.25) is 5.01 Å². The fourth-order valence-electron chi connectivity index (χ4n) is 1.21. The van der Waals surface area contributed by atoms with Gasteiger partial charge in [0.1, 0.15) is 0 Å². The van der Waals surface area contributed by atoms with Crippen molar-refractivity contribution in [2.45, 2.75) is 13.3 Å². The van der Waals surface area contributed by atoms with Gasteiger partial charge in [-0.15, -0.1) is 0 Å². The summed E-state index contributed by atoms with van der Waals surface area (Å²) in [6.45, 7) is 1.84. The van der Waals surface area contributed by atoms with E-state index in [9.17, 15) is 0 Å². The van der Waals surface area contributed by atoms with Crippen LogP contribution >= 0.6 is 12.2 Å². The molecule has 1 N–H and O–H groups in total. The number of aliphatic hydroxyl groups is 1. The van der Waals surface area contributed by atoms with Crippen molar-refractivity contribution in [2.24, 2.45) is 5.10 Å². The summed E-state index contributed by atoms with van der Waals surface area (Å²) in [6.07, 6.45) is 0.340. The van der Waals surface area contributed by atoms with Crippen molar-refractivity contribution in [3.63, 3.8) is 0 Å². The number of benzene rings is 1. The molecule has 1 aromatic rings. The predicted octanol–water partition coefficient (Wildman–Crippen LogP) is 2.77. The number of nitrogens with zero attached hydrogens (tertiary/aromatic N) is 2. The van der Waals surface area contributed by atoms with E-state index in [0.29, 0.717) is 6.42 Å². The number of aliphatic hydroxyl groups excluding tert-OH is 1. The van der Waals surface area contributed by atoms with E-state index >= 15 is 0 Å². The van der Waals surface area contributed by atoms with Crippen molar-refractivity contribution in [3.8, 4) is 0 Å². The molecule has 0 atom stereocenters. The van der Waals surface area contributed by atoms with Crippen LogP contribution in [0.3, 0.4) is 0 Å². The van der Waals surface area contributed by atoms with Gasteiger partial charge in [-0.1, -0.05) is 18.2 Å². The number of anilines is 1. The molecule has 0 aliphatic heterocycles. The Bertz CT molecular complexity index is 362. The summed E-state index contributed by atoms with van der Waals surface area (Å²) in [5, 5.41) is 15.0. The van der Waals surface area contributed by atoms with Gasteiger partial charge in [0, 0.05) is 12.8 Å². The standard InChI is InChI=1S/C11H14N2OS/c1-9(8-11(14)15)12-13(2)10-6-4-3-5-7-10/h3-7H,8H2,1-2H3,(H,14,15)/b12-9-. The molecule has 0 fully saturated rings. The normalized spacial score (nSPS) is 11.2. The van der Waals surface area contributed by atoms with Crippen LogP contribution in [0.25, 0.3) is 0 Å². The van der Waals surface area contributed by atoms with Gasteiger partial charge < -0.3 is 5.11 Å². The average Bonchev–Trinajstić information content (AvgIpc) is 2.17. The number of para-hydroxylation sites is 1. The topological polar surface area (TPSA) is 35.8 Å². The third kappa shape index (κ3) is 4.08. The second kappa shape index (κ2) is 5.46. The fourth-order valence-corrected chi connectivity index (χ4v) is 1.42. The van der Waals surface area contributed by atoms with Gasteiger partial charge in [-0.05, 0) is 31.3 Å². The molecular formula is C11H14N2OS. The molecule has 80 valence electrons. The van der Waals surface area contributed by atoms with Crippen LogP contribution in [0, 0.1) is 0 Å². The van der Waals surface area contributed by atoms with Gasteiger partial charge in [0.05, 0.1) is 12.1 Å². The van der Waals surface area contributed by atoms with Crippen molar-refractivity contribution in [1.29, 1.82) is 0 Å². The molecule has 15 heavy (non-hydrogen) atoms. The Labute approximate surface area is 95.0 Å². The Balaban J connectivity index is 2.70. The van der Waals surface area contributed by atoms with Crippen LogP contribution in [-0.2, 0) is 0 Å². The maximum atomic E-state index is 8.94. The minimum Gasteiger partial charge on any atom is -0.502 e. The number of thiocarbonyl (C=S) groups is 1. The molecule has 0 aromatic heterocycles. The molecule has 0 saturated carbocycles. The largest absolute Gasteiger partial charge is 0.502 e. The van der Waals surface area contributed by atoms with Crippen molar-refractivity contribution in [1.82, 2.24) is 0 Å². The third-order valence-electron chi connectivity index (χ3n) is 1.86. The second-order valence-electron chi connectivity index (χ2n) is 3.26. The quantitative estimate of drug-likeness (QED) is 0.483. The van der Waals surface area contributed by atoms with Crippen LogP contribution in [0.1, 0.15) is 13.3 Å². The summed E-state index contributed by atoms with van der Waals surface area (Å²) in [5.74, 6) is 0. The maximum Gasteiger partial charge on any atom is 0.162 e. The number of hydrogen-bond donors (Lipinski definition) is 1. The lowest BCUT2D eigenvalue weighted by Gasteiger charge is -2.13. The number of hydrogen-bond acceptors (Lipinski definition) is 3. The highest BCUT2D eigenvalue weighted by Crippen LogP contribution is 2.11. The van der Waals surface area contributed by atoms with Gasteiger partial charge in [-0.25, -0.2) is 0 Å². The highest BCUT2D eigenvalue weighted by Gasteiger charge is 2.00. The second-order valence-corrected chi connectivity index (χ2v) is 3.74. The summed E-state index contributed by atoms with van der Waals surface area (Å²) in [4.78, 5) is 0. The van der Waals surface area contributed by atoms with Crippen molar-refractivity contribution < 1.29 is 5.11 Å². The molecule has 0 aliphatic carbocycles. The molecule has 0 bridgehead atoms. The zero-order valence-corrected chi connectivity index (χ0v) is 9.66. The molecule has 0 amide bonds. The van der Waals surface area contributed by atoms with Crippen LogP contribution in [0.4, 0.5) is 5.69 Å². The third-order valence-corrected chi connectivity index (χ3v) is 2.00. The molecule has 0 heterocycles. The zero-order chi connectivity index (χ0) is 11.3. The first-order valence-corrected chi connectivity index (χ1v) is 5.05. The van der Waals surface area contributed by atoms with Gasteiger partial charge >= 0.3 is 0 Å². The van der Waals surface area contributed by atoms with Crippen LogP contribution in [0.15, 0.2) is 35.4 Å². The van der Waals surface area contributed by atoms with E-state index in [1.807, 2.05) is 44.3 Å². The molecule has 4 heteroatoms. The Kier molecular flexibility index (Phi) is 4.24. The van der Waals surface area contributed by atoms with Gasteiger partial charge in [0.25, 0.3) is 0 Å². The van der Waals surface area contributed by atoms with Gasteiger partial charge in [0.2, 0.25) is 0 Å². The smallest absolute Gasteiger partial charge is 0.162 e. The predicted molar refractivity (Wildman–Crippen MR) is 67.8 cm³/mol. The fraction of sp³-hybridized carbons (Fsp3) is 0.273. The van der Waals surface area contributed by atoms with Crippen LogP contribution in [0.2, 0.25) is 0 Å². The van der Waals surface area contributed by atoms with E-state index in [1.54, 1.807) is 5.01 Å². The molecule has 0 saturated heterocycles. The van der Waals surface area contributed by atoms with Crippen molar-refractivity contribution in [2.75, 3.05) is 12.1 Å². The first-order chi connectivity index (χ1) is 7.09. The van der Waals surface area contributed by atoms with Crippen LogP contribution in [-0.4, -0.2) is 22.9 Å². The molecular weight excluding hydrogens is 208 g/mol. The van der Waals surface area contributed by atoms with E-state index in [1.165, 1.54) is 0 Å². The Morgan fingerprint density at radius 1 is 1.40 bits per heavy atom. The highest BCUT2D eigenvalue weighted by atomic mass is 32.1. The molecule has 1 rings (SSSR count). The van der Waals surface area contributed by atoms with E-state index in [2.05, 4.69) is 17.3 Å². The lowest BCUT2D eigenvalue weighted by molar-refractivity contribution is 0.559. The Hall–Kier alpha value is -1.42. The molecule has 1 aromatic carbocycles. The first-order valence-electron chi connectivity index (χ1n) is 4.64. The average molecular weight is 222 g/mol. The summed E-state index contributed by atoms with van der Waals surface area (Å²) >= 11 is 4.60. The molecule has 0 unspecified atom stereocenters. The lowest BCUT2D eigenvalue weighted by atomic mass is 10.3. The number of rotatable bonds is 4. The summed E-state index contributed by atoms with van der Waals surface area (Å²) < 4.78 is 0. The monoisotopic (exact) mass is 222 g/mol. The van der Waals surface area contributed by atoms with Crippen molar-refractivity contribution >= 4 is 28.7 Å². The summed E-state index contributed by atoms with van der Waals surface area (Å²) in [5.41, 5.74) is 1.79. The van der Waals surface area contributed by atoms with Gasteiger partial charge in [-0.2, -0.15) is 5.10 Å². The lowest BCUT2D eigenvalue weighted by Crippen LogP contribution is -2.13. The first kappa shape index (κ1) is 11.7. The number of hydrazone groups is 1. The van der Waals surface area contributed by atoms with Gasteiger partial charge in [0.15, 0.2) is 5.05 Å². The van der Waals surface area contributed by atoms with Crippen LogP contribution in [0.5, 0.6) is 0 Å². The van der Waals surface area contributed by atoms with E-state index in [4.69, 9.17) is 5.11 Å². The summed E-state index contributed by atoms with van der Waals surface area (Å²) in [7, 11) is 1.86. The molecule has 0 aliphatic rings. The van der Waals surface area contributed by atoms with E-state index < -0.39 is 0 Å².